The molecule has 0 aliphatic heterocycles. The minimum absolute atomic E-state index is 0.136. The van der Waals surface area contributed by atoms with Crippen molar-refractivity contribution in [3.8, 4) is 0 Å². The topological polar surface area (TPSA) is 0 Å². The van der Waals surface area contributed by atoms with Crippen molar-refractivity contribution in [1.82, 2.24) is 0 Å². The lowest BCUT2D eigenvalue weighted by Crippen LogP contribution is -2.34. The molecule has 0 bridgehead atoms. The van der Waals surface area contributed by atoms with Gasteiger partial charge in [0.05, 0.1) is 0 Å². The van der Waals surface area contributed by atoms with Gasteiger partial charge in [0.25, 0.3) is 0 Å². The van der Waals surface area contributed by atoms with E-state index in [4.69, 9.17) is 0 Å². The lowest BCUT2D eigenvalue weighted by Gasteiger charge is -2.19. The summed E-state index contributed by atoms with van der Waals surface area (Å²) in [5, 5.41) is 4.78. The van der Waals surface area contributed by atoms with Crippen LogP contribution in [0.4, 0.5) is 0 Å². The van der Waals surface area contributed by atoms with Gasteiger partial charge in [-0.05, 0) is 115 Å². The molecule has 0 amide bonds. The molecule has 4 rings (SSSR count). The molecule has 0 heterocycles. The molecule has 2 aromatic carbocycles. The van der Waals surface area contributed by atoms with Crippen molar-refractivity contribution in [2.45, 2.75) is 26.2 Å². The van der Waals surface area contributed by atoms with Gasteiger partial charge in [0.1, 0.15) is 0 Å². The highest BCUT2D eigenvalue weighted by atomic mass is 14.2. The summed E-state index contributed by atoms with van der Waals surface area (Å²) in [5.74, 6) is 0.136. The number of benzene rings is 2. The van der Waals surface area contributed by atoms with Crippen LogP contribution in [-0.2, 0) is 0 Å². The fraction of sp³-hybridized carbons (Fsp3) is 0.106. The lowest BCUT2D eigenvalue weighted by molar-refractivity contribution is 0.856. The molecule has 234 valence electrons. The van der Waals surface area contributed by atoms with Gasteiger partial charge in [-0.25, -0.2) is 0 Å². The van der Waals surface area contributed by atoms with E-state index in [2.05, 4.69) is 113 Å². The summed E-state index contributed by atoms with van der Waals surface area (Å²) in [7, 11) is 0. The molecule has 0 saturated heterocycles. The smallest absolute Gasteiger partial charge is 0.00563 e. The zero-order chi connectivity index (χ0) is 33.9. The summed E-state index contributed by atoms with van der Waals surface area (Å²) in [6.45, 7) is 35.7. The zero-order valence-corrected chi connectivity index (χ0v) is 27.9. The molecule has 0 radical (unpaired) electrons. The third-order valence-electron chi connectivity index (χ3n) is 8.55. The molecule has 1 atom stereocenters. The normalized spacial score (nSPS) is 15.4. The van der Waals surface area contributed by atoms with E-state index >= 15 is 0 Å². The first-order chi connectivity index (χ1) is 22.8. The van der Waals surface area contributed by atoms with Gasteiger partial charge in [-0.1, -0.05) is 162 Å². The van der Waals surface area contributed by atoms with E-state index in [9.17, 15) is 0 Å². The number of hydrogen-bond donors (Lipinski definition) is 0. The summed E-state index contributed by atoms with van der Waals surface area (Å²) in [4.78, 5) is 0. The van der Waals surface area contributed by atoms with Gasteiger partial charge in [-0.2, -0.15) is 0 Å². The minimum Gasteiger partial charge on any atom is -0.0991 e. The van der Waals surface area contributed by atoms with E-state index in [1.807, 2.05) is 61.6 Å². The number of allylic oxidation sites excluding steroid dienone is 14. The summed E-state index contributed by atoms with van der Waals surface area (Å²) in [6.07, 6.45) is 39.9. The lowest BCUT2D eigenvalue weighted by atomic mass is 9.85. The molecular weight excluding hydrogens is 565 g/mol. The van der Waals surface area contributed by atoms with Crippen LogP contribution in [0.5, 0.6) is 0 Å². The van der Waals surface area contributed by atoms with Crippen LogP contribution in [0.25, 0.3) is 59.8 Å². The Balaban J connectivity index is 1.68. The second-order valence-electron chi connectivity index (χ2n) is 11.7. The second kappa shape index (κ2) is 16.2. The molecule has 0 nitrogen and oxygen atoms in total. The van der Waals surface area contributed by atoms with Gasteiger partial charge in [0, 0.05) is 5.92 Å². The first-order valence-electron chi connectivity index (χ1n) is 16.1. The first-order valence-corrected chi connectivity index (χ1v) is 16.1. The third kappa shape index (κ3) is 7.86. The summed E-state index contributed by atoms with van der Waals surface area (Å²) >= 11 is 0. The van der Waals surface area contributed by atoms with Crippen molar-refractivity contribution < 1.29 is 0 Å². The molecule has 0 heteroatoms. The van der Waals surface area contributed by atoms with Gasteiger partial charge < -0.3 is 0 Å². The minimum atomic E-state index is 0.136. The Hall–Kier alpha value is -5.46. The van der Waals surface area contributed by atoms with Crippen molar-refractivity contribution in [1.29, 1.82) is 0 Å². The highest BCUT2D eigenvalue weighted by Gasteiger charge is 2.16. The Bertz CT molecular complexity index is 2090. The number of fused-ring (bicyclic) bond motifs is 2. The highest BCUT2D eigenvalue weighted by Crippen LogP contribution is 2.26. The van der Waals surface area contributed by atoms with E-state index in [0.717, 1.165) is 80.2 Å². The quantitative estimate of drug-likeness (QED) is 0.187. The van der Waals surface area contributed by atoms with Crippen molar-refractivity contribution in [3.63, 3.8) is 0 Å². The van der Waals surface area contributed by atoms with E-state index in [1.54, 1.807) is 6.08 Å². The van der Waals surface area contributed by atoms with Crippen molar-refractivity contribution >= 4 is 59.8 Å². The van der Waals surface area contributed by atoms with Crippen molar-refractivity contribution in [2.75, 3.05) is 0 Å². The van der Waals surface area contributed by atoms with Crippen molar-refractivity contribution in [3.05, 3.63) is 191 Å². The standard InChI is InChI=1S/C47H46/c1-10-15-17-21-36(9)47-43-23-19-18-22-40(43)31-38(13-4)44(47)29-25-33(6)24-26-34(7)39-27-28-41-30-37(12-3)42(14-5)46(45(41)32-39)35(8)20-16-11-2/h10-17,20-26,28-32,39H,2-9,18-19,27H2,1H3/b15-10-,20-16-,21-17-,26-24-,29-25+. The third-order valence-corrected chi connectivity index (χ3v) is 8.55. The van der Waals surface area contributed by atoms with Crippen LogP contribution in [0, 0.1) is 5.92 Å². The molecule has 2 aliphatic rings. The highest BCUT2D eigenvalue weighted by molar-refractivity contribution is 5.85. The van der Waals surface area contributed by atoms with Gasteiger partial charge in [-0.3, -0.25) is 0 Å². The molecule has 47 heavy (non-hydrogen) atoms. The molecule has 0 fully saturated rings. The van der Waals surface area contributed by atoms with E-state index in [0.29, 0.717) is 0 Å². The van der Waals surface area contributed by atoms with Gasteiger partial charge in [0.2, 0.25) is 0 Å². The molecular formula is C47H46. The van der Waals surface area contributed by atoms with Crippen LogP contribution < -0.4 is 20.9 Å². The van der Waals surface area contributed by atoms with Crippen LogP contribution in [0.1, 0.15) is 59.6 Å². The van der Waals surface area contributed by atoms with Crippen LogP contribution >= 0.6 is 0 Å². The Morgan fingerprint density at radius 3 is 1.96 bits per heavy atom. The first kappa shape index (κ1) is 34.4. The largest absolute Gasteiger partial charge is 0.0991 e. The van der Waals surface area contributed by atoms with E-state index in [1.165, 1.54) is 15.7 Å². The predicted octanol–water partition coefficient (Wildman–Crippen LogP) is 9.83. The zero-order valence-electron chi connectivity index (χ0n) is 27.9. The monoisotopic (exact) mass is 610 g/mol. The van der Waals surface area contributed by atoms with Crippen LogP contribution in [0.3, 0.4) is 0 Å². The van der Waals surface area contributed by atoms with Crippen LogP contribution in [0.2, 0.25) is 0 Å². The van der Waals surface area contributed by atoms with Crippen LogP contribution in [0.15, 0.2) is 137 Å². The summed E-state index contributed by atoms with van der Waals surface area (Å²) < 4.78 is 0. The number of rotatable bonds is 14. The van der Waals surface area contributed by atoms with Gasteiger partial charge in [-0.15, -0.1) is 0 Å². The van der Waals surface area contributed by atoms with E-state index in [-0.39, 0.29) is 5.92 Å². The maximum Gasteiger partial charge on any atom is 0.00563 e. The average molecular weight is 611 g/mol. The Labute approximate surface area is 282 Å². The maximum atomic E-state index is 4.46. The number of hydrogen-bond acceptors (Lipinski definition) is 0. The Morgan fingerprint density at radius 1 is 0.660 bits per heavy atom. The van der Waals surface area contributed by atoms with Crippen molar-refractivity contribution in [2.24, 2.45) is 5.92 Å². The Morgan fingerprint density at radius 2 is 1.30 bits per heavy atom. The van der Waals surface area contributed by atoms with Gasteiger partial charge in [0.15, 0.2) is 0 Å². The fourth-order valence-electron chi connectivity index (χ4n) is 6.15. The second-order valence-corrected chi connectivity index (χ2v) is 11.7. The molecule has 1 unspecified atom stereocenters. The average Bonchev–Trinajstić information content (AvgIpc) is 3.09. The van der Waals surface area contributed by atoms with Crippen LogP contribution in [-0.4, -0.2) is 0 Å². The SMILES string of the molecule is C=C/C=C\C(=C)c1c(C=C)c(C=C)cc2c1=CC(C(=C)/C=C\C(=C)/C=C/c1c(C=C)cc3c(c1C(=C)/C=C\C=C/C)=CCCC=3)CC=2. The molecule has 2 aliphatic carbocycles. The predicted molar refractivity (Wildman–Crippen MR) is 215 cm³/mol. The molecule has 0 spiro atoms. The molecule has 2 aromatic rings. The maximum absolute atomic E-state index is 4.46. The summed E-state index contributed by atoms with van der Waals surface area (Å²) in [5.41, 5.74) is 10.2. The molecule has 0 N–H and O–H groups in total. The Kier molecular flexibility index (Phi) is 11.9. The van der Waals surface area contributed by atoms with Gasteiger partial charge >= 0.3 is 0 Å². The summed E-state index contributed by atoms with van der Waals surface area (Å²) in [6, 6.07) is 4.40. The van der Waals surface area contributed by atoms with E-state index < -0.39 is 0 Å². The fourth-order valence-corrected chi connectivity index (χ4v) is 6.15. The molecule has 0 aromatic heterocycles. The molecule has 0 saturated carbocycles.